The van der Waals surface area contributed by atoms with Gasteiger partial charge in [0.2, 0.25) is 0 Å². The molecule has 0 spiro atoms. The fourth-order valence-corrected chi connectivity index (χ4v) is 2.90. The molecule has 1 heterocycles. The van der Waals surface area contributed by atoms with Crippen LogP contribution in [-0.2, 0) is 17.9 Å². The first-order valence-corrected chi connectivity index (χ1v) is 7.86. The van der Waals surface area contributed by atoms with Gasteiger partial charge in [-0.05, 0) is 18.8 Å². The molecule has 1 aromatic rings. The summed E-state index contributed by atoms with van der Waals surface area (Å²) in [5, 5.41) is 4.28. The van der Waals surface area contributed by atoms with Crippen molar-refractivity contribution in [1.29, 1.82) is 0 Å². The molecule has 0 radical (unpaired) electrons. The highest BCUT2D eigenvalue weighted by atomic mass is 16.5. The van der Waals surface area contributed by atoms with Crippen molar-refractivity contribution in [2.75, 3.05) is 6.54 Å². The highest BCUT2D eigenvalue weighted by Crippen LogP contribution is 2.30. The van der Waals surface area contributed by atoms with Gasteiger partial charge in [0.05, 0.1) is 5.60 Å². The molecule has 1 aliphatic rings. The minimum Gasteiger partial charge on any atom is -0.366 e. The molecule has 20 heavy (non-hydrogen) atoms. The summed E-state index contributed by atoms with van der Waals surface area (Å²) in [7, 11) is 0. The van der Waals surface area contributed by atoms with Crippen LogP contribution >= 0.6 is 0 Å². The Morgan fingerprint density at radius 1 is 1.30 bits per heavy atom. The normalized spacial score (nSPS) is 19.2. The van der Waals surface area contributed by atoms with Gasteiger partial charge in [0.15, 0.2) is 5.82 Å². The summed E-state index contributed by atoms with van der Waals surface area (Å²) in [5.74, 6) is 1.47. The molecule has 1 saturated carbocycles. The number of nitrogens with zero attached hydrogens (tertiary/aromatic N) is 3. The van der Waals surface area contributed by atoms with E-state index < -0.39 is 0 Å². The molecule has 0 atom stereocenters. The molecule has 0 amide bonds. The molecule has 0 unspecified atom stereocenters. The molecule has 0 saturated heterocycles. The van der Waals surface area contributed by atoms with Crippen molar-refractivity contribution in [2.45, 2.75) is 71.1 Å². The van der Waals surface area contributed by atoms with Crippen molar-refractivity contribution >= 4 is 0 Å². The largest absolute Gasteiger partial charge is 0.366 e. The summed E-state index contributed by atoms with van der Waals surface area (Å²) in [6.07, 6.45) is 8.79. The van der Waals surface area contributed by atoms with Gasteiger partial charge in [-0.15, -0.1) is 0 Å². The molecule has 0 bridgehead atoms. The average Bonchev–Trinajstić information content (AvgIpc) is 2.72. The van der Waals surface area contributed by atoms with E-state index in [1.165, 1.54) is 25.7 Å². The molecule has 1 aliphatic carbocycles. The van der Waals surface area contributed by atoms with Crippen molar-refractivity contribution in [3.63, 3.8) is 0 Å². The van der Waals surface area contributed by atoms with E-state index in [2.05, 4.69) is 23.9 Å². The molecule has 114 valence electrons. The summed E-state index contributed by atoms with van der Waals surface area (Å²) in [6.45, 7) is 6.36. The van der Waals surface area contributed by atoms with Gasteiger partial charge in [-0.1, -0.05) is 39.5 Å². The van der Waals surface area contributed by atoms with E-state index >= 15 is 0 Å². The van der Waals surface area contributed by atoms with Crippen molar-refractivity contribution in [1.82, 2.24) is 14.8 Å². The molecule has 2 rings (SSSR count). The Kier molecular flexibility index (Phi) is 5.54. The van der Waals surface area contributed by atoms with Gasteiger partial charge in [-0.3, -0.25) is 0 Å². The van der Waals surface area contributed by atoms with Crippen LogP contribution in [0.25, 0.3) is 0 Å². The minimum absolute atomic E-state index is 0.148. The lowest BCUT2D eigenvalue weighted by Crippen LogP contribution is -2.40. The second-order valence-corrected chi connectivity index (χ2v) is 6.34. The molecule has 0 aromatic carbocycles. The Morgan fingerprint density at radius 2 is 2.00 bits per heavy atom. The van der Waals surface area contributed by atoms with E-state index in [1.54, 1.807) is 6.33 Å². The zero-order valence-corrected chi connectivity index (χ0v) is 12.8. The second kappa shape index (κ2) is 7.18. The van der Waals surface area contributed by atoms with E-state index in [1.807, 2.05) is 4.68 Å². The SMILES string of the molecule is CC(C)Cn1ncnc1COC1(CN)CCCCCC1. The zero-order valence-electron chi connectivity index (χ0n) is 12.8. The molecular weight excluding hydrogens is 252 g/mol. The average molecular weight is 280 g/mol. The van der Waals surface area contributed by atoms with Gasteiger partial charge < -0.3 is 10.5 Å². The van der Waals surface area contributed by atoms with Gasteiger partial charge in [0.1, 0.15) is 12.9 Å². The number of nitrogens with two attached hydrogens (primary N) is 1. The molecule has 5 nitrogen and oxygen atoms in total. The topological polar surface area (TPSA) is 66.0 Å². The summed E-state index contributed by atoms with van der Waals surface area (Å²) in [4.78, 5) is 4.33. The first-order chi connectivity index (χ1) is 9.65. The summed E-state index contributed by atoms with van der Waals surface area (Å²) < 4.78 is 8.17. The highest BCUT2D eigenvalue weighted by Gasteiger charge is 2.30. The number of ether oxygens (including phenoxy) is 1. The van der Waals surface area contributed by atoms with Crippen LogP contribution in [0.1, 0.15) is 58.2 Å². The van der Waals surface area contributed by atoms with Gasteiger partial charge in [0, 0.05) is 13.1 Å². The monoisotopic (exact) mass is 280 g/mol. The fraction of sp³-hybridized carbons (Fsp3) is 0.867. The van der Waals surface area contributed by atoms with Crippen LogP contribution in [0.2, 0.25) is 0 Å². The maximum atomic E-state index is 6.22. The smallest absolute Gasteiger partial charge is 0.152 e. The van der Waals surface area contributed by atoms with E-state index in [0.29, 0.717) is 19.1 Å². The predicted octanol–water partition coefficient (Wildman–Crippen LogP) is 2.50. The van der Waals surface area contributed by atoms with Gasteiger partial charge in [0.25, 0.3) is 0 Å². The lowest BCUT2D eigenvalue weighted by Gasteiger charge is -2.31. The van der Waals surface area contributed by atoms with Gasteiger partial charge >= 0.3 is 0 Å². The summed E-state index contributed by atoms with van der Waals surface area (Å²) in [6, 6.07) is 0. The Morgan fingerprint density at radius 3 is 2.60 bits per heavy atom. The second-order valence-electron chi connectivity index (χ2n) is 6.34. The third-order valence-corrected chi connectivity index (χ3v) is 4.13. The standard InChI is InChI=1S/C15H28N4O/c1-13(2)9-19-14(17-12-18-19)10-20-15(11-16)7-5-3-4-6-8-15/h12-13H,3-11,16H2,1-2H3. The first-order valence-electron chi connectivity index (χ1n) is 7.86. The number of aromatic nitrogens is 3. The first kappa shape index (κ1) is 15.4. The van der Waals surface area contributed by atoms with Crippen LogP contribution in [-0.4, -0.2) is 26.9 Å². The van der Waals surface area contributed by atoms with Gasteiger partial charge in [-0.25, -0.2) is 9.67 Å². The molecule has 0 aliphatic heterocycles. The Bertz CT molecular complexity index is 394. The van der Waals surface area contributed by atoms with Crippen LogP contribution in [0.3, 0.4) is 0 Å². The minimum atomic E-state index is -0.148. The van der Waals surface area contributed by atoms with E-state index in [0.717, 1.165) is 25.2 Å². The molecule has 1 aromatic heterocycles. The van der Waals surface area contributed by atoms with E-state index in [4.69, 9.17) is 10.5 Å². The van der Waals surface area contributed by atoms with Crippen molar-refractivity contribution in [3.05, 3.63) is 12.2 Å². The Labute approximate surface area is 121 Å². The van der Waals surface area contributed by atoms with Crippen molar-refractivity contribution < 1.29 is 4.74 Å². The van der Waals surface area contributed by atoms with Crippen LogP contribution in [0.5, 0.6) is 0 Å². The molecule has 2 N–H and O–H groups in total. The number of hydrogen-bond donors (Lipinski definition) is 1. The number of rotatable bonds is 6. The van der Waals surface area contributed by atoms with Crippen molar-refractivity contribution in [2.24, 2.45) is 11.7 Å². The maximum Gasteiger partial charge on any atom is 0.152 e. The summed E-state index contributed by atoms with van der Waals surface area (Å²) >= 11 is 0. The zero-order chi connectivity index (χ0) is 14.4. The molecule has 1 fully saturated rings. The number of hydrogen-bond acceptors (Lipinski definition) is 4. The lowest BCUT2D eigenvalue weighted by atomic mass is 9.94. The predicted molar refractivity (Wildman–Crippen MR) is 79.1 cm³/mol. The summed E-state index contributed by atoms with van der Waals surface area (Å²) in [5.41, 5.74) is 5.85. The third-order valence-electron chi connectivity index (χ3n) is 4.13. The fourth-order valence-electron chi connectivity index (χ4n) is 2.90. The maximum absolute atomic E-state index is 6.22. The van der Waals surface area contributed by atoms with Gasteiger partial charge in [-0.2, -0.15) is 5.10 Å². The van der Waals surface area contributed by atoms with Crippen molar-refractivity contribution in [3.8, 4) is 0 Å². The van der Waals surface area contributed by atoms with E-state index in [9.17, 15) is 0 Å². The molecule has 5 heteroatoms. The van der Waals surface area contributed by atoms with Crippen LogP contribution < -0.4 is 5.73 Å². The Hall–Kier alpha value is -0.940. The highest BCUT2D eigenvalue weighted by molar-refractivity contribution is 4.88. The lowest BCUT2D eigenvalue weighted by molar-refractivity contribution is -0.0639. The quantitative estimate of drug-likeness (QED) is 0.813. The van der Waals surface area contributed by atoms with E-state index in [-0.39, 0.29) is 5.60 Å². The van der Waals surface area contributed by atoms with Crippen LogP contribution in [0.15, 0.2) is 6.33 Å². The van der Waals surface area contributed by atoms with Crippen LogP contribution in [0.4, 0.5) is 0 Å². The Balaban J connectivity index is 1.97. The third kappa shape index (κ3) is 4.03. The molecular formula is C15H28N4O. The van der Waals surface area contributed by atoms with Crippen LogP contribution in [0, 0.1) is 5.92 Å².